The number of fused-ring (bicyclic) bond motifs is 12. The van der Waals surface area contributed by atoms with Crippen LogP contribution in [-0.4, -0.2) is 13.7 Å². The largest absolute Gasteiger partial charge is 0.456 e. The monoisotopic (exact) mass is 831 g/mol. The van der Waals surface area contributed by atoms with Gasteiger partial charge in [-0.1, -0.05) is 116 Å². The maximum absolute atomic E-state index is 6.51. The highest BCUT2D eigenvalue weighted by Gasteiger charge is 2.22. The van der Waals surface area contributed by atoms with Crippen LogP contribution in [0.5, 0.6) is 0 Å². The number of nitrogens with zero attached hydrogens (tertiary/aromatic N) is 3. The molecule has 1 unspecified atom stereocenters. The van der Waals surface area contributed by atoms with Crippen LogP contribution in [0, 0.1) is 5.92 Å². The van der Waals surface area contributed by atoms with Gasteiger partial charge in [0.15, 0.2) is 0 Å². The van der Waals surface area contributed by atoms with E-state index in [0.29, 0.717) is 5.92 Å². The zero-order chi connectivity index (χ0) is 42.8. The molecule has 0 N–H and O–H groups in total. The fourth-order valence-corrected chi connectivity index (χ4v) is 11.0. The summed E-state index contributed by atoms with van der Waals surface area (Å²) in [5.41, 5.74) is 18.7. The highest BCUT2D eigenvalue weighted by atomic mass is 16.3. The summed E-state index contributed by atoms with van der Waals surface area (Å²) >= 11 is 0. The minimum Gasteiger partial charge on any atom is -0.456 e. The van der Waals surface area contributed by atoms with Gasteiger partial charge in [0.05, 0.1) is 27.6 Å². The molecule has 14 rings (SSSR count). The van der Waals surface area contributed by atoms with Gasteiger partial charge in [-0.15, -0.1) is 0 Å². The second-order valence-corrected chi connectivity index (χ2v) is 17.8. The molecule has 4 nitrogen and oxygen atoms in total. The van der Waals surface area contributed by atoms with Gasteiger partial charge in [-0.25, -0.2) is 0 Å². The van der Waals surface area contributed by atoms with Gasteiger partial charge in [0.25, 0.3) is 0 Å². The average Bonchev–Trinajstić information content (AvgIpc) is 4.10. The SMILES string of the molecule is CC1C=Cc2c(c3ccccc3n2-c2cccc(-c3ccc4c(c3)c3ccccc3n4-c3ccc4oc5ccc(-c6ccc7c(c6)c6ccccc6n7-c6ccccc6)cc5c4c3)c2)C1. The number of furan rings is 1. The standard InChI is InChI=1S/C61H41N3O/c1-38-22-27-57-49(32-38)46-16-5-9-20-55(46)63(57)44-15-11-12-39(33-44)40-23-29-59-51(34-40)48-18-7-10-21-56(48)64(59)45-26-31-61-53(37-45)52-36-42(25-30-60(52)65-61)41-24-28-58-50(35-41)47-17-6-8-19-54(47)62(58)43-13-3-2-4-14-43/h2-31,33-38H,32H2,1H3. The van der Waals surface area contributed by atoms with E-state index in [-0.39, 0.29) is 0 Å². The first-order valence-corrected chi connectivity index (χ1v) is 22.6. The maximum atomic E-state index is 6.51. The summed E-state index contributed by atoms with van der Waals surface area (Å²) in [6, 6.07) is 73.1. The predicted octanol–water partition coefficient (Wildman–Crippen LogP) is 16.3. The van der Waals surface area contributed by atoms with E-state index in [0.717, 1.165) is 45.3 Å². The molecule has 1 aliphatic rings. The Morgan fingerprint density at radius 2 is 0.862 bits per heavy atom. The van der Waals surface area contributed by atoms with Crippen LogP contribution < -0.4 is 0 Å². The van der Waals surface area contributed by atoms with E-state index in [4.69, 9.17) is 4.42 Å². The number of rotatable bonds is 5. The normalized spacial score (nSPS) is 14.0. The molecule has 0 radical (unpaired) electrons. The number of allylic oxidation sites excluding steroid dienone is 1. The summed E-state index contributed by atoms with van der Waals surface area (Å²) in [4.78, 5) is 0. The van der Waals surface area contributed by atoms with Crippen LogP contribution in [0.2, 0.25) is 0 Å². The molecule has 65 heavy (non-hydrogen) atoms. The topological polar surface area (TPSA) is 27.9 Å². The second kappa shape index (κ2) is 13.8. The summed E-state index contributed by atoms with van der Waals surface area (Å²) in [6.45, 7) is 2.31. The van der Waals surface area contributed by atoms with E-state index >= 15 is 0 Å². The Kier molecular flexibility index (Phi) is 7.70. The van der Waals surface area contributed by atoms with Crippen molar-refractivity contribution in [3.8, 4) is 39.3 Å². The fourth-order valence-electron chi connectivity index (χ4n) is 11.0. The highest BCUT2D eigenvalue weighted by Crippen LogP contribution is 2.41. The van der Waals surface area contributed by atoms with Crippen LogP contribution in [0.25, 0.3) is 122 Å². The Labute approximate surface area is 375 Å². The van der Waals surface area contributed by atoms with Crippen molar-refractivity contribution in [2.24, 2.45) is 5.92 Å². The minimum atomic E-state index is 0.532. The number of benzene rings is 9. The predicted molar refractivity (Wildman–Crippen MR) is 272 cm³/mol. The van der Waals surface area contributed by atoms with Crippen molar-refractivity contribution in [1.29, 1.82) is 0 Å². The quantitative estimate of drug-likeness (QED) is 0.170. The first-order valence-electron chi connectivity index (χ1n) is 22.6. The lowest BCUT2D eigenvalue weighted by atomic mass is 9.93. The summed E-state index contributed by atoms with van der Waals surface area (Å²) in [6.07, 6.45) is 5.74. The zero-order valence-electron chi connectivity index (χ0n) is 35.7. The Morgan fingerprint density at radius 1 is 0.369 bits per heavy atom. The van der Waals surface area contributed by atoms with Gasteiger partial charge in [-0.3, -0.25) is 0 Å². The molecule has 0 bridgehead atoms. The number of hydrogen-bond acceptors (Lipinski definition) is 1. The lowest BCUT2D eigenvalue weighted by Crippen LogP contribution is -2.05. The van der Waals surface area contributed by atoms with E-state index in [1.165, 1.54) is 88.1 Å². The van der Waals surface area contributed by atoms with E-state index in [1.54, 1.807) is 0 Å². The number of para-hydroxylation sites is 4. The third kappa shape index (κ3) is 5.44. The third-order valence-electron chi connectivity index (χ3n) is 14.0. The summed E-state index contributed by atoms with van der Waals surface area (Å²) in [5.74, 6) is 0.532. The van der Waals surface area contributed by atoms with Crippen LogP contribution in [-0.2, 0) is 6.42 Å². The van der Waals surface area contributed by atoms with Crippen LogP contribution in [0.1, 0.15) is 18.2 Å². The minimum absolute atomic E-state index is 0.532. The molecule has 306 valence electrons. The van der Waals surface area contributed by atoms with Crippen molar-refractivity contribution in [2.75, 3.05) is 0 Å². The van der Waals surface area contributed by atoms with Crippen molar-refractivity contribution in [3.05, 3.63) is 218 Å². The van der Waals surface area contributed by atoms with Crippen molar-refractivity contribution in [1.82, 2.24) is 13.7 Å². The van der Waals surface area contributed by atoms with Gasteiger partial charge >= 0.3 is 0 Å². The van der Waals surface area contributed by atoms with Crippen molar-refractivity contribution in [2.45, 2.75) is 13.3 Å². The van der Waals surface area contributed by atoms with Crippen LogP contribution in [0.4, 0.5) is 0 Å². The molecule has 9 aromatic carbocycles. The molecule has 0 saturated heterocycles. The second-order valence-electron chi connectivity index (χ2n) is 17.8. The Balaban J connectivity index is 0.876. The highest BCUT2D eigenvalue weighted by molar-refractivity contribution is 6.13. The molecule has 0 amide bonds. The molecule has 0 saturated carbocycles. The fraction of sp³-hybridized carbons (Fsp3) is 0.0492. The summed E-state index contributed by atoms with van der Waals surface area (Å²) in [7, 11) is 0. The number of hydrogen-bond donors (Lipinski definition) is 0. The molecule has 0 spiro atoms. The molecule has 1 aliphatic carbocycles. The van der Waals surface area contributed by atoms with Crippen molar-refractivity contribution in [3.63, 3.8) is 0 Å². The smallest absolute Gasteiger partial charge is 0.135 e. The van der Waals surface area contributed by atoms with Gasteiger partial charge in [0.2, 0.25) is 0 Å². The molecule has 4 aromatic heterocycles. The van der Waals surface area contributed by atoms with Crippen LogP contribution in [0.15, 0.2) is 211 Å². The zero-order valence-corrected chi connectivity index (χ0v) is 35.7. The van der Waals surface area contributed by atoms with Gasteiger partial charge in [-0.2, -0.15) is 0 Å². The van der Waals surface area contributed by atoms with E-state index < -0.39 is 0 Å². The van der Waals surface area contributed by atoms with Crippen LogP contribution >= 0.6 is 0 Å². The van der Waals surface area contributed by atoms with Crippen molar-refractivity contribution >= 4 is 82.5 Å². The molecule has 4 heteroatoms. The van der Waals surface area contributed by atoms with Gasteiger partial charge in [0, 0.05) is 60.5 Å². The van der Waals surface area contributed by atoms with E-state index in [2.05, 4.69) is 233 Å². The molecule has 1 atom stereocenters. The average molecular weight is 832 g/mol. The van der Waals surface area contributed by atoms with Crippen LogP contribution in [0.3, 0.4) is 0 Å². The number of aromatic nitrogens is 3. The van der Waals surface area contributed by atoms with Gasteiger partial charge < -0.3 is 18.1 Å². The van der Waals surface area contributed by atoms with Gasteiger partial charge in [0.1, 0.15) is 11.2 Å². The Bertz CT molecular complexity index is 4120. The lowest BCUT2D eigenvalue weighted by Gasteiger charge is -2.16. The molecule has 0 aliphatic heterocycles. The molecular formula is C61H41N3O. The summed E-state index contributed by atoms with van der Waals surface area (Å²) < 4.78 is 13.7. The Morgan fingerprint density at radius 3 is 1.55 bits per heavy atom. The first-order chi connectivity index (χ1) is 32.1. The van der Waals surface area contributed by atoms with E-state index in [1.807, 2.05) is 0 Å². The van der Waals surface area contributed by atoms with Gasteiger partial charge in [-0.05, 0) is 143 Å². The Hall–Kier alpha value is -8.34. The molecule has 0 fully saturated rings. The van der Waals surface area contributed by atoms with Crippen molar-refractivity contribution < 1.29 is 4.42 Å². The molecular weight excluding hydrogens is 791 g/mol. The lowest BCUT2D eigenvalue weighted by molar-refractivity contribution is 0.669. The van der Waals surface area contributed by atoms with E-state index in [9.17, 15) is 0 Å². The molecule has 13 aromatic rings. The molecule has 4 heterocycles. The third-order valence-corrected chi connectivity index (χ3v) is 14.0. The summed E-state index contributed by atoms with van der Waals surface area (Å²) in [5, 5.41) is 8.50. The maximum Gasteiger partial charge on any atom is 0.135 e. The first kappa shape index (κ1) is 36.2.